The number of hydrogen-bond acceptors (Lipinski definition) is 4. The van der Waals surface area contributed by atoms with Gasteiger partial charge in [0.15, 0.2) is 11.6 Å². The van der Waals surface area contributed by atoms with Gasteiger partial charge in [0.05, 0.1) is 12.0 Å². The van der Waals surface area contributed by atoms with Crippen molar-refractivity contribution in [3.63, 3.8) is 0 Å². The second kappa shape index (κ2) is 9.44. The first-order valence-electron chi connectivity index (χ1n) is 13.4. The van der Waals surface area contributed by atoms with E-state index in [2.05, 4.69) is 11.4 Å². The van der Waals surface area contributed by atoms with Crippen LogP contribution in [0.5, 0.6) is 0 Å². The fraction of sp³-hybridized carbons (Fsp3) is 0.147. The first-order chi connectivity index (χ1) is 19.8. The lowest BCUT2D eigenvalue weighted by atomic mass is 9.64. The number of ketones is 2. The molecule has 5 nitrogen and oxygen atoms in total. The third-order valence-corrected chi connectivity index (χ3v) is 9.10. The summed E-state index contributed by atoms with van der Waals surface area (Å²) in [4.78, 5) is 45.7. The number of hydrogen-bond donors (Lipinski definition) is 1. The number of fused-ring (bicyclic) bond motifs is 6. The zero-order valence-electron chi connectivity index (χ0n) is 22.0. The van der Waals surface area contributed by atoms with E-state index in [4.69, 9.17) is 23.2 Å². The average Bonchev–Trinajstić information content (AvgIpc) is 3.45. The van der Waals surface area contributed by atoms with Crippen molar-refractivity contribution in [1.82, 2.24) is 0 Å². The molecular weight excluding hydrogens is 555 g/mol. The minimum atomic E-state index is -1.36. The number of halogens is 2. The van der Waals surface area contributed by atoms with Gasteiger partial charge in [0.25, 0.3) is 0 Å². The van der Waals surface area contributed by atoms with Gasteiger partial charge in [0, 0.05) is 32.5 Å². The molecule has 41 heavy (non-hydrogen) atoms. The molecule has 7 rings (SSSR count). The topological polar surface area (TPSA) is 66.5 Å². The Morgan fingerprint density at radius 3 is 2.15 bits per heavy atom. The summed E-state index contributed by atoms with van der Waals surface area (Å²) < 4.78 is 0. The molecule has 1 spiro atoms. The van der Waals surface area contributed by atoms with Gasteiger partial charge >= 0.3 is 0 Å². The molecule has 4 aromatic carbocycles. The monoisotopic (exact) mass is 578 g/mol. The summed E-state index contributed by atoms with van der Waals surface area (Å²) in [6.07, 6.45) is 3.97. The van der Waals surface area contributed by atoms with Crippen LogP contribution in [0.4, 0.5) is 11.4 Å². The Morgan fingerprint density at radius 1 is 0.829 bits per heavy atom. The predicted octanol–water partition coefficient (Wildman–Crippen LogP) is 7.16. The third-order valence-electron chi connectivity index (χ3n) is 8.60. The number of amides is 1. The molecule has 0 unspecified atom stereocenters. The van der Waals surface area contributed by atoms with Gasteiger partial charge in [-0.15, -0.1) is 0 Å². The molecule has 202 valence electrons. The molecule has 0 aromatic heterocycles. The van der Waals surface area contributed by atoms with E-state index >= 15 is 0 Å². The number of para-hydroxylation sites is 1. The summed E-state index contributed by atoms with van der Waals surface area (Å²) in [5.41, 5.74) is 3.60. The standard InChI is InChI=1S/C34H24Cl2N2O3/c1-19-6-16-27-22(18-19)11-17-28-34(25-4-2-3-5-26(25)37-33(34)41)29(31(39)20-7-12-23(35)13-8-20)30(38(27)28)32(40)21-9-14-24(36)15-10-21/h2-18,28-30H,1H3,(H,37,41)/t28-,29-,30-,34+/m0/s1. The van der Waals surface area contributed by atoms with Gasteiger partial charge in [0.1, 0.15) is 11.5 Å². The highest BCUT2D eigenvalue weighted by Gasteiger charge is 2.70. The van der Waals surface area contributed by atoms with Crippen LogP contribution in [0.15, 0.2) is 97.1 Å². The first kappa shape index (κ1) is 25.8. The van der Waals surface area contributed by atoms with E-state index in [-0.39, 0.29) is 17.5 Å². The van der Waals surface area contributed by atoms with Crippen LogP contribution in [0.1, 0.15) is 37.4 Å². The van der Waals surface area contributed by atoms with Crippen LogP contribution in [0.3, 0.4) is 0 Å². The maximum Gasteiger partial charge on any atom is 0.238 e. The van der Waals surface area contributed by atoms with Crippen LogP contribution < -0.4 is 10.2 Å². The maximum absolute atomic E-state index is 14.7. The SMILES string of the molecule is Cc1ccc2c(c1)C=C[C@@H]1N2[C@H](C(=O)c2ccc(Cl)cc2)[C@@H](C(=O)c2ccc(Cl)cc2)[C@]12C(=O)Nc1ccccc12. The van der Waals surface area contributed by atoms with Crippen molar-refractivity contribution in [2.45, 2.75) is 24.4 Å². The van der Waals surface area contributed by atoms with Gasteiger partial charge in [-0.25, -0.2) is 0 Å². The molecule has 1 fully saturated rings. The van der Waals surface area contributed by atoms with Crippen LogP contribution in [0.25, 0.3) is 6.08 Å². The number of benzene rings is 4. The Kier molecular flexibility index (Phi) is 5.93. The Hall–Kier alpha value is -4.19. The minimum absolute atomic E-state index is 0.255. The summed E-state index contributed by atoms with van der Waals surface area (Å²) in [5.74, 6) is -1.89. The van der Waals surface area contributed by atoms with E-state index in [9.17, 15) is 14.4 Å². The molecular formula is C34H24Cl2N2O3. The van der Waals surface area contributed by atoms with Crippen LogP contribution in [-0.4, -0.2) is 29.6 Å². The van der Waals surface area contributed by atoms with E-state index in [0.29, 0.717) is 32.4 Å². The third kappa shape index (κ3) is 3.73. The molecule has 0 bridgehead atoms. The zero-order chi connectivity index (χ0) is 28.5. The van der Waals surface area contributed by atoms with E-state index in [1.54, 1.807) is 48.5 Å². The van der Waals surface area contributed by atoms with Gasteiger partial charge in [-0.1, -0.05) is 65.2 Å². The smallest absolute Gasteiger partial charge is 0.238 e. The molecule has 0 saturated carbocycles. The summed E-state index contributed by atoms with van der Waals surface area (Å²) >= 11 is 12.3. The Balaban J connectivity index is 1.53. The van der Waals surface area contributed by atoms with Crippen molar-refractivity contribution < 1.29 is 14.4 Å². The summed E-state index contributed by atoms with van der Waals surface area (Å²) in [6, 6.07) is 25.2. The van der Waals surface area contributed by atoms with Crippen LogP contribution in [0.2, 0.25) is 10.0 Å². The normalized spacial score (nSPS) is 23.6. The number of Topliss-reactive ketones (excluding diaryl/α,β-unsaturated/α-hetero) is 2. The van der Waals surface area contributed by atoms with Gasteiger partial charge in [-0.2, -0.15) is 0 Å². The molecule has 3 aliphatic rings. The lowest BCUT2D eigenvalue weighted by Gasteiger charge is -2.37. The van der Waals surface area contributed by atoms with Crippen molar-refractivity contribution in [3.05, 3.63) is 135 Å². The molecule has 7 heteroatoms. The molecule has 4 atom stereocenters. The summed E-state index contributed by atoms with van der Waals surface area (Å²) in [5, 5.41) is 4.04. The van der Waals surface area contributed by atoms with Crippen molar-refractivity contribution in [3.8, 4) is 0 Å². The quantitative estimate of drug-likeness (QED) is 0.261. The second-order valence-electron chi connectivity index (χ2n) is 10.8. The lowest BCUT2D eigenvalue weighted by molar-refractivity contribution is -0.121. The Bertz CT molecular complexity index is 1780. The highest BCUT2D eigenvalue weighted by atomic mass is 35.5. The highest BCUT2D eigenvalue weighted by molar-refractivity contribution is 6.31. The first-order valence-corrected chi connectivity index (χ1v) is 14.1. The van der Waals surface area contributed by atoms with Crippen molar-refractivity contribution in [2.75, 3.05) is 10.2 Å². The fourth-order valence-corrected chi connectivity index (χ4v) is 7.13. The number of anilines is 2. The average molecular weight is 579 g/mol. The number of carbonyl (C=O) groups excluding carboxylic acids is 3. The van der Waals surface area contributed by atoms with Crippen LogP contribution >= 0.6 is 23.2 Å². The predicted molar refractivity (Wildman–Crippen MR) is 162 cm³/mol. The number of rotatable bonds is 4. The van der Waals surface area contributed by atoms with Crippen LogP contribution in [-0.2, 0) is 10.2 Å². The highest BCUT2D eigenvalue weighted by Crippen LogP contribution is 2.58. The van der Waals surface area contributed by atoms with Gasteiger partial charge in [-0.3, -0.25) is 14.4 Å². The fourth-order valence-electron chi connectivity index (χ4n) is 6.88. The number of carbonyl (C=O) groups is 3. The molecule has 4 aromatic rings. The maximum atomic E-state index is 14.7. The Morgan fingerprint density at radius 2 is 1.46 bits per heavy atom. The number of nitrogens with one attached hydrogen (secondary N) is 1. The van der Waals surface area contributed by atoms with E-state index in [1.165, 1.54) is 0 Å². The zero-order valence-corrected chi connectivity index (χ0v) is 23.5. The number of aryl methyl sites for hydroxylation is 1. The molecule has 0 radical (unpaired) electrons. The molecule has 1 amide bonds. The van der Waals surface area contributed by atoms with Gasteiger partial charge < -0.3 is 10.2 Å². The largest absolute Gasteiger partial charge is 0.352 e. The van der Waals surface area contributed by atoms with Crippen LogP contribution in [0, 0.1) is 12.8 Å². The van der Waals surface area contributed by atoms with E-state index in [1.807, 2.05) is 60.4 Å². The van der Waals surface area contributed by atoms with Gasteiger partial charge in [-0.05, 0) is 84.8 Å². The van der Waals surface area contributed by atoms with Crippen molar-refractivity contribution in [1.29, 1.82) is 0 Å². The summed E-state index contributed by atoms with van der Waals surface area (Å²) in [7, 11) is 0. The molecule has 3 heterocycles. The summed E-state index contributed by atoms with van der Waals surface area (Å²) in [6.45, 7) is 2.01. The number of nitrogens with zero attached hydrogens (tertiary/aromatic N) is 1. The molecule has 3 aliphatic heterocycles. The molecule has 1 N–H and O–H groups in total. The van der Waals surface area contributed by atoms with Crippen molar-refractivity contribution >= 4 is 58.1 Å². The minimum Gasteiger partial charge on any atom is -0.352 e. The Labute approximate surface area is 247 Å². The second-order valence-corrected chi connectivity index (χ2v) is 11.7. The van der Waals surface area contributed by atoms with E-state index in [0.717, 1.165) is 16.8 Å². The van der Waals surface area contributed by atoms with Gasteiger partial charge in [0.2, 0.25) is 5.91 Å². The van der Waals surface area contributed by atoms with Crippen molar-refractivity contribution in [2.24, 2.45) is 5.92 Å². The molecule has 0 aliphatic carbocycles. The lowest BCUT2D eigenvalue weighted by Crippen LogP contribution is -2.51. The van der Waals surface area contributed by atoms with E-state index < -0.39 is 23.4 Å². The molecule has 1 saturated heterocycles.